The normalized spacial score (nSPS) is 12.5. The number of nitrogens with one attached hydrogen (secondary N) is 1. The number of unbranched alkanes of at least 4 members (excludes halogenated alkanes) is 3. The van der Waals surface area contributed by atoms with Crippen molar-refractivity contribution in [2.24, 2.45) is 0 Å². The van der Waals surface area contributed by atoms with Gasteiger partial charge in [0, 0.05) is 28.6 Å². The molecule has 0 fully saturated rings. The molecule has 1 unspecified atom stereocenters. The SMILES string of the molecule is CCCC(CCCCCCC(=O)O)NS(=O)(=O)c1ccccc1C(=O)c1ccc(Cl)cc1Cl. The summed E-state index contributed by atoms with van der Waals surface area (Å²) >= 11 is 12.1. The van der Waals surface area contributed by atoms with E-state index in [-0.39, 0.29) is 33.5 Å². The monoisotopic (exact) mass is 513 g/mol. The Morgan fingerprint density at radius 2 is 1.67 bits per heavy atom. The number of sulfonamides is 1. The van der Waals surface area contributed by atoms with Crippen LogP contribution >= 0.6 is 23.2 Å². The van der Waals surface area contributed by atoms with Gasteiger partial charge in [-0.15, -0.1) is 0 Å². The summed E-state index contributed by atoms with van der Waals surface area (Å²) in [5.74, 6) is -1.30. The molecular formula is C24H29Cl2NO5S. The molecule has 0 aromatic heterocycles. The van der Waals surface area contributed by atoms with Gasteiger partial charge in [0.1, 0.15) is 0 Å². The first-order chi connectivity index (χ1) is 15.7. The molecule has 0 spiro atoms. The fourth-order valence-corrected chi connectivity index (χ4v) is 5.63. The summed E-state index contributed by atoms with van der Waals surface area (Å²) in [6.07, 6.45) is 5.26. The summed E-state index contributed by atoms with van der Waals surface area (Å²) in [5.41, 5.74) is 0.216. The highest BCUT2D eigenvalue weighted by Gasteiger charge is 2.26. The van der Waals surface area contributed by atoms with E-state index >= 15 is 0 Å². The van der Waals surface area contributed by atoms with E-state index in [1.54, 1.807) is 12.1 Å². The first-order valence-electron chi connectivity index (χ1n) is 11.0. The molecule has 0 aliphatic carbocycles. The second-order valence-corrected chi connectivity index (χ2v) is 10.4. The highest BCUT2D eigenvalue weighted by atomic mass is 35.5. The number of hydrogen-bond acceptors (Lipinski definition) is 4. The lowest BCUT2D eigenvalue weighted by Crippen LogP contribution is -2.35. The molecule has 0 saturated carbocycles. The van der Waals surface area contributed by atoms with Crippen LogP contribution in [0.1, 0.15) is 74.2 Å². The number of carboxylic acids is 1. The molecule has 2 aromatic rings. The summed E-state index contributed by atoms with van der Waals surface area (Å²) in [4.78, 5) is 23.6. The standard InChI is InChI=1S/C24H29Cl2NO5S/c1-2-9-18(10-5-3-4-6-13-23(28)29)27-33(31,32)22-12-8-7-11-20(22)24(30)19-15-14-17(25)16-21(19)26/h7-8,11-12,14-16,18,27H,2-6,9-10,13H2,1H3,(H,28,29). The Hall–Kier alpha value is -1.93. The molecule has 1 atom stereocenters. The molecule has 0 amide bonds. The first kappa shape index (κ1) is 27.3. The lowest BCUT2D eigenvalue weighted by Gasteiger charge is -2.19. The van der Waals surface area contributed by atoms with Gasteiger partial charge in [0.25, 0.3) is 0 Å². The smallest absolute Gasteiger partial charge is 0.303 e. The molecular weight excluding hydrogens is 485 g/mol. The molecule has 0 saturated heterocycles. The maximum atomic E-state index is 13.2. The van der Waals surface area contributed by atoms with Gasteiger partial charge in [-0.3, -0.25) is 9.59 Å². The number of ketones is 1. The van der Waals surface area contributed by atoms with Crippen molar-refractivity contribution in [3.05, 3.63) is 63.6 Å². The number of aliphatic carboxylic acids is 1. The first-order valence-corrected chi connectivity index (χ1v) is 13.2. The summed E-state index contributed by atoms with van der Waals surface area (Å²) in [5, 5.41) is 9.24. The Morgan fingerprint density at radius 3 is 2.33 bits per heavy atom. The van der Waals surface area contributed by atoms with E-state index in [0.717, 1.165) is 25.7 Å². The number of rotatable bonds is 14. The van der Waals surface area contributed by atoms with Gasteiger partial charge >= 0.3 is 5.97 Å². The molecule has 0 bridgehead atoms. The third kappa shape index (κ3) is 8.41. The van der Waals surface area contributed by atoms with Crippen LogP contribution in [0.5, 0.6) is 0 Å². The van der Waals surface area contributed by atoms with E-state index in [2.05, 4.69) is 4.72 Å². The lowest BCUT2D eigenvalue weighted by atomic mass is 10.0. The van der Waals surface area contributed by atoms with Crippen LogP contribution in [0.3, 0.4) is 0 Å². The fraction of sp³-hybridized carbons (Fsp3) is 0.417. The number of benzene rings is 2. The van der Waals surface area contributed by atoms with E-state index in [4.69, 9.17) is 28.3 Å². The minimum absolute atomic E-state index is 0.0399. The van der Waals surface area contributed by atoms with Crippen molar-refractivity contribution < 1.29 is 23.1 Å². The van der Waals surface area contributed by atoms with Gasteiger partial charge in [-0.05, 0) is 49.6 Å². The molecule has 33 heavy (non-hydrogen) atoms. The Balaban J connectivity index is 2.16. The van der Waals surface area contributed by atoms with E-state index in [9.17, 15) is 18.0 Å². The molecule has 0 radical (unpaired) electrons. The van der Waals surface area contributed by atoms with E-state index in [0.29, 0.717) is 24.3 Å². The Kier molecular flexibility index (Phi) is 10.8. The predicted molar refractivity (Wildman–Crippen MR) is 131 cm³/mol. The topological polar surface area (TPSA) is 101 Å². The third-order valence-corrected chi connectivity index (χ3v) is 7.38. The number of hydrogen-bond donors (Lipinski definition) is 2. The fourth-order valence-electron chi connectivity index (χ4n) is 3.62. The van der Waals surface area contributed by atoms with Crippen LogP contribution < -0.4 is 4.72 Å². The van der Waals surface area contributed by atoms with E-state index in [1.165, 1.54) is 30.3 Å². The van der Waals surface area contributed by atoms with Gasteiger partial charge in [-0.25, -0.2) is 13.1 Å². The average molecular weight is 514 g/mol. The minimum Gasteiger partial charge on any atom is -0.481 e. The van der Waals surface area contributed by atoms with Gasteiger partial charge in [-0.2, -0.15) is 0 Å². The van der Waals surface area contributed by atoms with Gasteiger partial charge in [0.05, 0.1) is 9.92 Å². The maximum absolute atomic E-state index is 13.2. The Morgan fingerprint density at radius 1 is 0.970 bits per heavy atom. The molecule has 0 aliphatic rings. The summed E-state index contributed by atoms with van der Waals surface area (Å²) in [6.45, 7) is 1.98. The zero-order valence-electron chi connectivity index (χ0n) is 18.5. The second kappa shape index (κ2) is 13.1. The van der Waals surface area contributed by atoms with Crippen LogP contribution in [0.4, 0.5) is 0 Å². The average Bonchev–Trinajstić information content (AvgIpc) is 2.75. The molecule has 2 N–H and O–H groups in total. The van der Waals surface area contributed by atoms with Crippen molar-refractivity contribution in [3.8, 4) is 0 Å². The Labute approximate surface area is 205 Å². The summed E-state index contributed by atoms with van der Waals surface area (Å²) in [6, 6.07) is 10.2. The quantitative estimate of drug-likeness (QED) is 0.235. The Bertz CT molecular complexity index is 1070. The lowest BCUT2D eigenvalue weighted by molar-refractivity contribution is -0.137. The number of carbonyl (C=O) groups is 2. The number of carboxylic acid groups (broad SMARTS) is 1. The molecule has 0 aliphatic heterocycles. The highest BCUT2D eigenvalue weighted by Crippen LogP contribution is 2.26. The van der Waals surface area contributed by atoms with Crippen molar-refractivity contribution >= 4 is 45.0 Å². The van der Waals surface area contributed by atoms with Crippen LogP contribution in [0, 0.1) is 0 Å². The van der Waals surface area contributed by atoms with E-state index in [1.807, 2.05) is 6.92 Å². The molecule has 0 heterocycles. The molecule has 6 nitrogen and oxygen atoms in total. The van der Waals surface area contributed by atoms with E-state index < -0.39 is 21.8 Å². The zero-order chi connectivity index (χ0) is 24.4. The van der Waals surface area contributed by atoms with Crippen molar-refractivity contribution in [3.63, 3.8) is 0 Å². The van der Waals surface area contributed by atoms with Gasteiger partial charge in [-0.1, -0.05) is 67.9 Å². The molecule has 2 rings (SSSR count). The van der Waals surface area contributed by atoms with Crippen molar-refractivity contribution in [2.75, 3.05) is 0 Å². The maximum Gasteiger partial charge on any atom is 0.303 e. The van der Waals surface area contributed by atoms with Gasteiger partial charge < -0.3 is 5.11 Å². The summed E-state index contributed by atoms with van der Waals surface area (Å²) < 4.78 is 29.2. The van der Waals surface area contributed by atoms with Crippen LogP contribution in [0.2, 0.25) is 10.0 Å². The summed E-state index contributed by atoms with van der Waals surface area (Å²) in [7, 11) is -3.96. The molecule has 9 heteroatoms. The zero-order valence-corrected chi connectivity index (χ0v) is 20.8. The third-order valence-electron chi connectivity index (χ3n) is 5.25. The van der Waals surface area contributed by atoms with Gasteiger partial charge in [0.2, 0.25) is 10.0 Å². The largest absolute Gasteiger partial charge is 0.481 e. The van der Waals surface area contributed by atoms with Gasteiger partial charge in [0.15, 0.2) is 5.78 Å². The predicted octanol–water partition coefficient (Wildman–Crippen LogP) is 6.10. The van der Waals surface area contributed by atoms with Crippen LogP contribution in [0.15, 0.2) is 47.4 Å². The van der Waals surface area contributed by atoms with Crippen molar-refractivity contribution in [2.45, 2.75) is 69.2 Å². The minimum atomic E-state index is -3.96. The van der Waals surface area contributed by atoms with Crippen LogP contribution in [0.25, 0.3) is 0 Å². The van der Waals surface area contributed by atoms with Crippen molar-refractivity contribution in [1.82, 2.24) is 4.72 Å². The molecule has 180 valence electrons. The highest BCUT2D eigenvalue weighted by molar-refractivity contribution is 7.89. The number of halogens is 2. The van der Waals surface area contributed by atoms with Crippen molar-refractivity contribution in [1.29, 1.82) is 0 Å². The molecule has 2 aromatic carbocycles. The van der Waals surface area contributed by atoms with Crippen LogP contribution in [-0.2, 0) is 14.8 Å². The second-order valence-electron chi connectivity index (χ2n) is 7.90. The van der Waals surface area contributed by atoms with Crippen LogP contribution in [-0.4, -0.2) is 31.3 Å². The number of carbonyl (C=O) groups excluding carboxylic acids is 1.